The Morgan fingerprint density at radius 2 is 1.76 bits per heavy atom. The molecule has 2 aliphatic carbocycles. The van der Waals surface area contributed by atoms with Crippen molar-refractivity contribution < 1.29 is 9.53 Å². The van der Waals surface area contributed by atoms with E-state index in [0.29, 0.717) is 11.1 Å². The summed E-state index contributed by atoms with van der Waals surface area (Å²) in [7, 11) is 0. The van der Waals surface area contributed by atoms with Crippen molar-refractivity contribution >= 4 is 49.3 Å². The lowest BCUT2D eigenvalue weighted by Gasteiger charge is -2.18. The van der Waals surface area contributed by atoms with Crippen molar-refractivity contribution in [3.63, 3.8) is 0 Å². The summed E-state index contributed by atoms with van der Waals surface area (Å²) in [5, 5.41) is 0. The number of fused-ring (bicyclic) bond motifs is 3. The van der Waals surface area contributed by atoms with E-state index < -0.39 is 0 Å². The molecule has 0 fully saturated rings. The molecule has 0 heterocycles. The zero-order valence-corrected chi connectivity index (χ0v) is 17.6. The normalized spacial score (nSPS) is 15.7. The molecule has 25 heavy (non-hydrogen) atoms. The van der Waals surface area contributed by atoms with Crippen molar-refractivity contribution in [1.29, 1.82) is 0 Å². The predicted octanol–water partition coefficient (Wildman–Crippen LogP) is 6.80. The van der Waals surface area contributed by atoms with Crippen LogP contribution >= 0.6 is 31.9 Å². The Morgan fingerprint density at radius 1 is 1.00 bits per heavy atom. The quantitative estimate of drug-likeness (QED) is 0.394. The summed E-state index contributed by atoms with van der Waals surface area (Å²) in [5.41, 5.74) is 3.78. The van der Waals surface area contributed by atoms with Crippen molar-refractivity contribution in [1.82, 2.24) is 0 Å². The molecule has 3 rings (SSSR count). The number of allylic oxidation sites excluding steroid dienone is 4. The third-order valence-electron chi connectivity index (χ3n) is 4.57. The maximum Gasteiger partial charge on any atom is 0.200 e. The van der Waals surface area contributed by atoms with E-state index in [0.717, 1.165) is 38.9 Å². The van der Waals surface area contributed by atoms with E-state index in [-0.39, 0.29) is 5.78 Å². The number of Topliss-reactive ketones (excluding diaryl/α,β-unsaturated/α-hetero) is 1. The van der Waals surface area contributed by atoms with Crippen LogP contribution in [0.2, 0.25) is 0 Å². The van der Waals surface area contributed by atoms with Crippen LogP contribution in [0.1, 0.15) is 56.6 Å². The number of carbonyl (C=O) groups is 1. The van der Waals surface area contributed by atoms with Gasteiger partial charge in [0.2, 0.25) is 5.78 Å². The molecule has 0 N–H and O–H groups in total. The molecule has 2 aliphatic rings. The zero-order chi connectivity index (χ0) is 17.8. The molecule has 4 heteroatoms. The van der Waals surface area contributed by atoms with E-state index in [1.165, 1.54) is 32.1 Å². The fourth-order valence-corrected chi connectivity index (χ4v) is 4.06. The topological polar surface area (TPSA) is 26.3 Å². The van der Waals surface area contributed by atoms with Crippen LogP contribution in [0.25, 0.3) is 11.6 Å². The summed E-state index contributed by atoms with van der Waals surface area (Å²) in [6.45, 7) is 2.92. The number of rotatable bonds is 8. The van der Waals surface area contributed by atoms with Crippen LogP contribution in [-0.4, -0.2) is 12.4 Å². The fraction of sp³-hybridized carbons (Fsp3) is 0.381. The van der Waals surface area contributed by atoms with Gasteiger partial charge in [-0.1, -0.05) is 61.0 Å². The molecular weight excluding hydrogens is 444 g/mol. The molecule has 0 radical (unpaired) electrons. The first-order valence-corrected chi connectivity index (χ1v) is 10.5. The van der Waals surface area contributed by atoms with Gasteiger partial charge in [-0.15, -0.1) is 0 Å². The zero-order valence-electron chi connectivity index (χ0n) is 14.4. The van der Waals surface area contributed by atoms with Crippen LogP contribution < -0.4 is 0 Å². The van der Waals surface area contributed by atoms with Crippen molar-refractivity contribution in [3.8, 4) is 0 Å². The molecule has 0 spiro atoms. The highest BCUT2D eigenvalue weighted by atomic mass is 79.9. The van der Waals surface area contributed by atoms with Crippen LogP contribution in [0.15, 0.2) is 44.6 Å². The summed E-state index contributed by atoms with van der Waals surface area (Å²) in [4.78, 5) is 12.5. The maximum atomic E-state index is 12.5. The first-order valence-electron chi connectivity index (χ1n) is 8.92. The number of ketones is 1. The van der Waals surface area contributed by atoms with E-state index in [1.54, 1.807) is 0 Å². The van der Waals surface area contributed by atoms with Gasteiger partial charge < -0.3 is 4.74 Å². The van der Waals surface area contributed by atoms with Gasteiger partial charge in [-0.2, -0.15) is 0 Å². The van der Waals surface area contributed by atoms with Gasteiger partial charge in [-0.05, 0) is 57.8 Å². The molecule has 0 unspecified atom stereocenters. The summed E-state index contributed by atoms with van der Waals surface area (Å²) in [6.07, 6.45) is 11.2. The number of hydrogen-bond donors (Lipinski definition) is 0. The van der Waals surface area contributed by atoms with E-state index in [1.807, 2.05) is 30.4 Å². The van der Waals surface area contributed by atoms with Gasteiger partial charge in [-0.25, -0.2) is 0 Å². The number of halogens is 2. The van der Waals surface area contributed by atoms with Gasteiger partial charge in [-0.3, -0.25) is 4.79 Å². The van der Waals surface area contributed by atoms with Crippen LogP contribution in [0.5, 0.6) is 0 Å². The lowest BCUT2D eigenvalue weighted by molar-refractivity contribution is -0.111. The molecule has 0 bridgehead atoms. The van der Waals surface area contributed by atoms with Crippen molar-refractivity contribution in [2.45, 2.75) is 45.4 Å². The molecule has 0 saturated carbocycles. The lowest BCUT2D eigenvalue weighted by Crippen LogP contribution is -2.11. The number of carbonyl (C=O) groups excluding carboxylic acids is 1. The van der Waals surface area contributed by atoms with Crippen LogP contribution in [0, 0.1) is 0 Å². The Morgan fingerprint density at radius 3 is 2.56 bits per heavy atom. The SMILES string of the molecule is CCCCCCCCOC1=C2C(=Cc3cc(Br)ccc32)C(=O)C(Br)=C1. The number of ether oxygens (including phenoxy) is 1. The van der Waals surface area contributed by atoms with Gasteiger partial charge >= 0.3 is 0 Å². The van der Waals surface area contributed by atoms with E-state index in [9.17, 15) is 4.79 Å². The highest BCUT2D eigenvalue weighted by molar-refractivity contribution is 9.12. The molecule has 132 valence electrons. The number of hydrogen-bond acceptors (Lipinski definition) is 2. The monoisotopic (exact) mass is 464 g/mol. The Bertz CT molecular complexity index is 772. The maximum absolute atomic E-state index is 12.5. The average molecular weight is 466 g/mol. The van der Waals surface area contributed by atoms with E-state index >= 15 is 0 Å². The second kappa shape index (κ2) is 8.50. The third-order valence-corrected chi connectivity index (χ3v) is 5.66. The molecule has 0 saturated heterocycles. The Balaban J connectivity index is 1.74. The molecular formula is C21H22Br2O2. The Kier molecular flexibility index (Phi) is 6.34. The minimum Gasteiger partial charge on any atom is -0.493 e. The standard InChI is InChI=1S/C21H22Br2O2/c1-2-3-4-5-6-7-10-25-19-13-18(23)21(24)17-12-14-11-15(22)8-9-16(14)20(17)19/h8-9,11-13H,2-7,10H2,1H3. The van der Waals surface area contributed by atoms with Gasteiger partial charge in [0.25, 0.3) is 0 Å². The summed E-state index contributed by atoms with van der Waals surface area (Å²) >= 11 is 6.89. The molecule has 2 nitrogen and oxygen atoms in total. The fourth-order valence-electron chi connectivity index (χ4n) is 3.26. The average Bonchev–Trinajstić information content (AvgIpc) is 2.97. The van der Waals surface area contributed by atoms with Crippen molar-refractivity contribution in [2.75, 3.05) is 6.61 Å². The summed E-state index contributed by atoms with van der Waals surface area (Å²) < 4.78 is 7.65. The highest BCUT2D eigenvalue weighted by Gasteiger charge is 2.32. The molecule has 0 amide bonds. The predicted molar refractivity (Wildman–Crippen MR) is 110 cm³/mol. The van der Waals surface area contributed by atoms with Crippen molar-refractivity contribution in [3.05, 3.63) is 55.7 Å². The van der Waals surface area contributed by atoms with Crippen molar-refractivity contribution in [2.24, 2.45) is 0 Å². The van der Waals surface area contributed by atoms with Crippen LogP contribution in [0.4, 0.5) is 0 Å². The third kappa shape index (κ3) is 4.17. The highest BCUT2D eigenvalue weighted by Crippen LogP contribution is 2.44. The molecule has 1 aromatic carbocycles. The Hall–Kier alpha value is -1.13. The molecule has 0 aliphatic heterocycles. The van der Waals surface area contributed by atoms with Gasteiger partial charge in [0.15, 0.2) is 0 Å². The number of benzene rings is 1. The Labute approximate surface area is 166 Å². The molecule has 0 atom stereocenters. The van der Waals surface area contributed by atoms with E-state index in [4.69, 9.17) is 4.74 Å². The second-order valence-electron chi connectivity index (χ2n) is 6.47. The minimum atomic E-state index is 0.0224. The van der Waals surface area contributed by atoms with Gasteiger partial charge in [0, 0.05) is 15.6 Å². The summed E-state index contributed by atoms with van der Waals surface area (Å²) in [6, 6.07) is 6.10. The lowest BCUT2D eigenvalue weighted by atomic mass is 9.95. The minimum absolute atomic E-state index is 0.0224. The molecule has 1 aromatic rings. The first kappa shape index (κ1) is 18.7. The van der Waals surface area contributed by atoms with Crippen LogP contribution in [-0.2, 0) is 9.53 Å². The molecule has 0 aromatic heterocycles. The smallest absolute Gasteiger partial charge is 0.200 e. The van der Waals surface area contributed by atoms with Crippen LogP contribution in [0.3, 0.4) is 0 Å². The second-order valence-corrected chi connectivity index (χ2v) is 8.24. The number of unbranched alkanes of at least 4 members (excludes halogenated alkanes) is 5. The summed E-state index contributed by atoms with van der Waals surface area (Å²) in [5.74, 6) is 0.821. The first-order chi connectivity index (χ1) is 12.1. The van der Waals surface area contributed by atoms with E-state index in [2.05, 4.69) is 38.8 Å². The van der Waals surface area contributed by atoms with Gasteiger partial charge in [0.05, 0.1) is 11.1 Å². The largest absolute Gasteiger partial charge is 0.493 e. The van der Waals surface area contributed by atoms with Gasteiger partial charge in [0.1, 0.15) is 5.76 Å².